The molecular weight excluding hydrogens is 268 g/mol. The van der Waals surface area contributed by atoms with Crippen LogP contribution in [-0.2, 0) is 14.3 Å². The second-order valence-electron chi connectivity index (χ2n) is 6.77. The van der Waals surface area contributed by atoms with E-state index in [0.29, 0.717) is 6.61 Å². The van der Waals surface area contributed by atoms with Crippen LogP contribution in [0.25, 0.3) is 0 Å². The number of methoxy groups -OCH3 is 1. The molecule has 0 aromatic heterocycles. The summed E-state index contributed by atoms with van der Waals surface area (Å²) in [6.07, 6.45) is 4.36. The minimum Gasteiger partial charge on any atom is -0.385 e. The lowest BCUT2D eigenvalue weighted by molar-refractivity contribution is -0.162. The minimum atomic E-state index is -0.615. The van der Waals surface area contributed by atoms with Gasteiger partial charge in [0.05, 0.1) is 0 Å². The molecule has 0 radical (unpaired) electrons. The Kier molecular flexibility index (Phi) is 4.91. The van der Waals surface area contributed by atoms with Crippen LogP contribution in [0.5, 0.6) is 0 Å². The molecule has 0 bridgehead atoms. The van der Waals surface area contributed by atoms with E-state index < -0.39 is 11.6 Å². The lowest BCUT2D eigenvalue weighted by Gasteiger charge is -2.50. The molecule has 2 amide bonds. The molecule has 0 aromatic rings. The number of hydrogen-bond donors (Lipinski definition) is 1. The van der Waals surface area contributed by atoms with Crippen molar-refractivity contribution in [1.29, 1.82) is 0 Å². The zero-order valence-corrected chi connectivity index (χ0v) is 13.6. The predicted octanol–water partition coefficient (Wildman–Crippen LogP) is 1.71. The van der Waals surface area contributed by atoms with Crippen molar-refractivity contribution >= 4 is 11.8 Å². The van der Waals surface area contributed by atoms with Crippen LogP contribution in [0, 0.1) is 5.92 Å². The summed E-state index contributed by atoms with van der Waals surface area (Å²) in [6.45, 7) is 6.60. The van der Waals surface area contributed by atoms with E-state index in [1.807, 2.05) is 25.7 Å². The summed E-state index contributed by atoms with van der Waals surface area (Å²) in [5.74, 6) is 0.231. The highest BCUT2D eigenvalue weighted by Gasteiger charge is 2.55. The van der Waals surface area contributed by atoms with Crippen molar-refractivity contribution in [2.24, 2.45) is 5.92 Å². The zero-order valence-electron chi connectivity index (χ0n) is 13.6. The first-order chi connectivity index (χ1) is 9.94. The molecule has 1 spiro atoms. The Morgan fingerprint density at radius 3 is 2.43 bits per heavy atom. The Balaban J connectivity index is 2.31. The van der Waals surface area contributed by atoms with Gasteiger partial charge in [-0.3, -0.25) is 9.59 Å². The number of rotatable bonds is 5. The number of carbonyl (C=O) groups excluding carboxylic acids is 2. The van der Waals surface area contributed by atoms with Gasteiger partial charge < -0.3 is 15.0 Å². The molecule has 5 heteroatoms. The van der Waals surface area contributed by atoms with E-state index in [-0.39, 0.29) is 23.8 Å². The van der Waals surface area contributed by atoms with Gasteiger partial charge in [0.1, 0.15) is 11.6 Å². The molecule has 2 aliphatic rings. The standard InChI is InChI=1S/C16H28N2O3/c1-11(2)13-14(19)18(12(3)7-10-21-4)16(15(20)17-13)8-5-6-9-16/h11-13H,5-10H2,1-4H3,(H,17,20). The second kappa shape index (κ2) is 6.34. The maximum absolute atomic E-state index is 12.9. The summed E-state index contributed by atoms with van der Waals surface area (Å²) in [6, 6.07) is -0.364. The van der Waals surface area contributed by atoms with E-state index in [9.17, 15) is 9.59 Å². The van der Waals surface area contributed by atoms with Gasteiger partial charge in [0.25, 0.3) is 0 Å². The molecule has 2 atom stereocenters. The van der Waals surface area contributed by atoms with Crippen molar-refractivity contribution in [3.63, 3.8) is 0 Å². The minimum absolute atomic E-state index is 0.0304. The molecule has 1 saturated heterocycles. The first-order valence-corrected chi connectivity index (χ1v) is 8.07. The molecule has 120 valence electrons. The molecule has 1 aliphatic heterocycles. The number of carbonyl (C=O) groups is 2. The summed E-state index contributed by atoms with van der Waals surface area (Å²) in [5, 5.41) is 2.98. The predicted molar refractivity (Wildman–Crippen MR) is 80.8 cm³/mol. The Bertz CT molecular complexity index is 402. The van der Waals surface area contributed by atoms with Gasteiger partial charge in [0, 0.05) is 19.8 Å². The highest BCUT2D eigenvalue weighted by Crippen LogP contribution is 2.40. The normalized spacial score (nSPS) is 26.5. The second-order valence-corrected chi connectivity index (χ2v) is 6.77. The van der Waals surface area contributed by atoms with Gasteiger partial charge in [0.15, 0.2) is 0 Å². The van der Waals surface area contributed by atoms with Crippen LogP contribution in [0.2, 0.25) is 0 Å². The van der Waals surface area contributed by atoms with Crippen molar-refractivity contribution in [1.82, 2.24) is 10.2 Å². The zero-order chi connectivity index (χ0) is 15.6. The largest absolute Gasteiger partial charge is 0.385 e. The molecule has 1 heterocycles. The molecular formula is C16H28N2O3. The van der Waals surface area contributed by atoms with Crippen LogP contribution in [0.15, 0.2) is 0 Å². The Morgan fingerprint density at radius 1 is 1.29 bits per heavy atom. The first kappa shape index (κ1) is 16.3. The van der Waals surface area contributed by atoms with Gasteiger partial charge in [-0.2, -0.15) is 0 Å². The monoisotopic (exact) mass is 296 g/mol. The third kappa shape index (κ3) is 2.80. The maximum atomic E-state index is 12.9. The van der Waals surface area contributed by atoms with Crippen molar-refractivity contribution in [2.75, 3.05) is 13.7 Å². The molecule has 0 aromatic carbocycles. The van der Waals surface area contributed by atoms with Crippen LogP contribution in [-0.4, -0.2) is 48.1 Å². The van der Waals surface area contributed by atoms with Crippen LogP contribution in [0.4, 0.5) is 0 Å². The third-order valence-electron chi connectivity index (χ3n) is 4.95. The number of amides is 2. The number of nitrogens with zero attached hydrogens (tertiary/aromatic N) is 1. The molecule has 1 saturated carbocycles. The molecule has 2 rings (SSSR count). The fourth-order valence-electron chi connectivity index (χ4n) is 3.74. The first-order valence-electron chi connectivity index (χ1n) is 8.07. The van der Waals surface area contributed by atoms with E-state index in [1.54, 1.807) is 7.11 Å². The van der Waals surface area contributed by atoms with Gasteiger partial charge in [0.2, 0.25) is 11.8 Å². The Hall–Kier alpha value is -1.10. The van der Waals surface area contributed by atoms with E-state index >= 15 is 0 Å². The maximum Gasteiger partial charge on any atom is 0.246 e. The molecule has 2 unspecified atom stereocenters. The summed E-state index contributed by atoms with van der Waals surface area (Å²) in [7, 11) is 1.67. The fourth-order valence-corrected chi connectivity index (χ4v) is 3.74. The van der Waals surface area contributed by atoms with E-state index in [2.05, 4.69) is 5.32 Å². The summed E-state index contributed by atoms with van der Waals surface area (Å²) in [4.78, 5) is 27.6. The topological polar surface area (TPSA) is 58.6 Å². The molecule has 2 fully saturated rings. The van der Waals surface area contributed by atoms with Crippen LogP contribution in [0.1, 0.15) is 52.9 Å². The quantitative estimate of drug-likeness (QED) is 0.840. The van der Waals surface area contributed by atoms with Crippen LogP contribution < -0.4 is 5.32 Å². The van der Waals surface area contributed by atoms with Gasteiger partial charge in [-0.1, -0.05) is 26.7 Å². The van der Waals surface area contributed by atoms with Gasteiger partial charge >= 0.3 is 0 Å². The number of ether oxygens (including phenoxy) is 1. The average Bonchev–Trinajstić information content (AvgIpc) is 2.90. The Morgan fingerprint density at radius 2 is 1.90 bits per heavy atom. The highest BCUT2D eigenvalue weighted by molar-refractivity contribution is 6.00. The van der Waals surface area contributed by atoms with Crippen molar-refractivity contribution in [3.05, 3.63) is 0 Å². The summed E-state index contributed by atoms with van der Waals surface area (Å²) >= 11 is 0. The van der Waals surface area contributed by atoms with Crippen molar-refractivity contribution in [3.8, 4) is 0 Å². The van der Waals surface area contributed by atoms with E-state index in [1.165, 1.54) is 0 Å². The fraction of sp³-hybridized carbons (Fsp3) is 0.875. The van der Waals surface area contributed by atoms with Gasteiger partial charge in [-0.25, -0.2) is 0 Å². The van der Waals surface area contributed by atoms with E-state index in [4.69, 9.17) is 4.74 Å². The van der Waals surface area contributed by atoms with Gasteiger partial charge in [-0.05, 0) is 32.1 Å². The molecule has 21 heavy (non-hydrogen) atoms. The average molecular weight is 296 g/mol. The number of hydrogen-bond acceptors (Lipinski definition) is 3. The number of piperazine rings is 1. The molecule has 5 nitrogen and oxygen atoms in total. The van der Waals surface area contributed by atoms with Crippen LogP contribution in [0.3, 0.4) is 0 Å². The third-order valence-corrected chi connectivity index (χ3v) is 4.95. The molecule has 1 aliphatic carbocycles. The van der Waals surface area contributed by atoms with Crippen LogP contribution >= 0.6 is 0 Å². The van der Waals surface area contributed by atoms with Crippen molar-refractivity contribution < 1.29 is 14.3 Å². The summed E-state index contributed by atoms with van der Waals surface area (Å²) in [5.41, 5.74) is -0.615. The van der Waals surface area contributed by atoms with Crippen molar-refractivity contribution in [2.45, 2.75) is 70.5 Å². The SMILES string of the molecule is COCCC(C)N1C(=O)C(C(C)C)NC(=O)C12CCCC2. The lowest BCUT2D eigenvalue weighted by Crippen LogP contribution is -2.72. The highest BCUT2D eigenvalue weighted by atomic mass is 16.5. The van der Waals surface area contributed by atoms with E-state index in [0.717, 1.165) is 32.1 Å². The summed E-state index contributed by atoms with van der Waals surface area (Å²) < 4.78 is 5.15. The number of nitrogens with one attached hydrogen (secondary N) is 1. The Labute approximate surface area is 127 Å². The smallest absolute Gasteiger partial charge is 0.246 e. The molecule has 1 N–H and O–H groups in total. The lowest BCUT2D eigenvalue weighted by atomic mass is 9.85. The van der Waals surface area contributed by atoms with Gasteiger partial charge in [-0.15, -0.1) is 0 Å².